The third-order valence-electron chi connectivity index (χ3n) is 3.97. The fraction of sp³-hybridized carbons (Fsp3) is 1.00. The molecule has 20 heavy (non-hydrogen) atoms. The Bertz CT molecular complexity index is 371. The maximum atomic E-state index is 12.1. The molecule has 0 aromatic heterocycles. The average molecular weight is 305 g/mol. The lowest BCUT2D eigenvalue weighted by atomic mass is 10.1. The summed E-state index contributed by atoms with van der Waals surface area (Å²) in [5.41, 5.74) is 0. The van der Waals surface area contributed by atoms with Gasteiger partial charge in [-0.3, -0.25) is 0 Å². The van der Waals surface area contributed by atoms with Crippen LogP contribution in [0.3, 0.4) is 0 Å². The maximum absolute atomic E-state index is 12.1. The molecule has 1 rings (SSSR count). The molecule has 1 aliphatic rings. The van der Waals surface area contributed by atoms with Gasteiger partial charge in [0.25, 0.3) is 10.2 Å². The van der Waals surface area contributed by atoms with Crippen LogP contribution in [0.5, 0.6) is 0 Å². The lowest BCUT2D eigenvalue weighted by Crippen LogP contribution is -2.41. The lowest BCUT2D eigenvalue weighted by Gasteiger charge is -2.19. The second kappa shape index (κ2) is 8.32. The molecule has 0 amide bonds. The van der Waals surface area contributed by atoms with Crippen LogP contribution in [-0.2, 0) is 10.2 Å². The Balaban J connectivity index is 2.24. The van der Waals surface area contributed by atoms with Crippen LogP contribution >= 0.6 is 0 Å². The molecule has 0 spiro atoms. The van der Waals surface area contributed by atoms with Crippen molar-refractivity contribution >= 4 is 10.2 Å². The quantitative estimate of drug-likeness (QED) is 0.636. The molecule has 6 heteroatoms. The van der Waals surface area contributed by atoms with Gasteiger partial charge in [0.2, 0.25) is 0 Å². The van der Waals surface area contributed by atoms with Crippen LogP contribution in [0, 0.1) is 11.8 Å². The zero-order chi connectivity index (χ0) is 15.2. The van der Waals surface area contributed by atoms with E-state index in [1.54, 1.807) is 7.05 Å². The highest BCUT2D eigenvalue weighted by Crippen LogP contribution is 2.29. The highest BCUT2D eigenvalue weighted by molar-refractivity contribution is 7.87. The van der Waals surface area contributed by atoms with Gasteiger partial charge in [-0.05, 0) is 37.6 Å². The predicted octanol–water partition coefficient (Wildman–Crippen LogP) is 1.58. The highest BCUT2D eigenvalue weighted by Gasteiger charge is 2.24. The summed E-state index contributed by atoms with van der Waals surface area (Å²) in [7, 11) is -1.66. The van der Waals surface area contributed by atoms with Crippen molar-refractivity contribution in [2.75, 3.05) is 26.7 Å². The molecule has 0 bridgehead atoms. The van der Waals surface area contributed by atoms with E-state index in [-0.39, 0.29) is 0 Å². The minimum absolute atomic E-state index is 0.444. The minimum Gasteiger partial charge on any atom is -0.314 e. The third-order valence-corrected chi connectivity index (χ3v) is 5.51. The molecular formula is C14H31N3O2S. The first-order valence-electron chi connectivity index (χ1n) is 7.75. The van der Waals surface area contributed by atoms with Crippen LogP contribution in [-0.4, -0.2) is 45.4 Å². The van der Waals surface area contributed by atoms with Crippen LogP contribution in [0.4, 0.5) is 0 Å². The van der Waals surface area contributed by atoms with E-state index in [0.29, 0.717) is 25.0 Å². The van der Waals surface area contributed by atoms with Gasteiger partial charge in [0.15, 0.2) is 0 Å². The van der Waals surface area contributed by atoms with Crippen LogP contribution in [0.1, 0.15) is 46.5 Å². The molecule has 2 atom stereocenters. The first kappa shape index (κ1) is 17.9. The van der Waals surface area contributed by atoms with Crippen LogP contribution in [0.2, 0.25) is 0 Å². The third kappa shape index (κ3) is 6.52. The normalized spacial score (nSPS) is 23.9. The molecule has 5 nitrogen and oxygen atoms in total. The number of hydrogen-bond donors (Lipinski definition) is 2. The molecule has 0 heterocycles. The summed E-state index contributed by atoms with van der Waals surface area (Å²) in [6.07, 6.45) is 4.34. The Morgan fingerprint density at radius 1 is 1.30 bits per heavy atom. The molecule has 1 aliphatic carbocycles. The van der Waals surface area contributed by atoms with E-state index in [1.807, 2.05) is 0 Å². The first-order valence-corrected chi connectivity index (χ1v) is 9.19. The molecule has 0 aromatic rings. The van der Waals surface area contributed by atoms with Crippen molar-refractivity contribution in [3.8, 4) is 0 Å². The SMILES string of the molecule is CC1CCC(CNS(=O)(=O)N(C)CCCNC(C)C)C1. The average Bonchev–Trinajstić information content (AvgIpc) is 2.77. The van der Waals surface area contributed by atoms with Gasteiger partial charge in [-0.1, -0.05) is 27.2 Å². The maximum Gasteiger partial charge on any atom is 0.279 e. The minimum atomic E-state index is -3.31. The number of rotatable bonds is 9. The van der Waals surface area contributed by atoms with E-state index in [1.165, 1.54) is 10.7 Å². The Hall–Kier alpha value is -0.170. The summed E-state index contributed by atoms with van der Waals surface area (Å²) < 4.78 is 28.4. The van der Waals surface area contributed by atoms with Gasteiger partial charge >= 0.3 is 0 Å². The number of hydrogen-bond acceptors (Lipinski definition) is 3. The largest absolute Gasteiger partial charge is 0.314 e. The van der Waals surface area contributed by atoms with Crippen molar-refractivity contribution in [1.29, 1.82) is 0 Å². The van der Waals surface area contributed by atoms with E-state index < -0.39 is 10.2 Å². The zero-order valence-corrected chi connectivity index (χ0v) is 14.2. The summed E-state index contributed by atoms with van der Waals surface area (Å²) >= 11 is 0. The fourth-order valence-corrected chi connectivity index (χ4v) is 3.69. The van der Waals surface area contributed by atoms with E-state index in [4.69, 9.17) is 0 Å². The van der Waals surface area contributed by atoms with E-state index in [2.05, 4.69) is 30.8 Å². The highest BCUT2D eigenvalue weighted by atomic mass is 32.2. The summed E-state index contributed by atoms with van der Waals surface area (Å²) in [6, 6.07) is 0.444. The van der Waals surface area contributed by atoms with E-state index in [0.717, 1.165) is 31.7 Å². The van der Waals surface area contributed by atoms with Crippen molar-refractivity contribution in [2.45, 2.75) is 52.5 Å². The van der Waals surface area contributed by atoms with E-state index in [9.17, 15) is 8.42 Å². The number of nitrogens with zero attached hydrogens (tertiary/aromatic N) is 1. The molecule has 0 aliphatic heterocycles. The summed E-state index contributed by atoms with van der Waals surface area (Å²) in [4.78, 5) is 0. The molecule has 1 saturated carbocycles. The predicted molar refractivity (Wildman–Crippen MR) is 83.8 cm³/mol. The molecule has 0 aromatic carbocycles. The lowest BCUT2D eigenvalue weighted by molar-refractivity contribution is 0.428. The second-order valence-corrected chi connectivity index (χ2v) is 8.28. The molecule has 0 radical (unpaired) electrons. The molecule has 0 saturated heterocycles. The van der Waals surface area contributed by atoms with Crippen molar-refractivity contribution in [3.05, 3.63) is 0 Å². The first-order chi connectivity index (χ1) is 9.31. The molecule has 2 N–H and O–H groups in total. The van der Waals surface area contributed by atoms with E-state index >= 15 is 0 Å². The number of nitrogens with one attached hydrogen (secondary N) is 2. The summed E-state index contributed by atoms with van der Waals surface area (Å²) in [6.45, 7) is 8.40. The smallest absolute Gasteiger partial charge is 0.279 e. The Morgan fingerprint density at radius 3 is 2.55 bits per heavy atom. The molecule has 1 fully saturated rings. The van der Waals surface area contributed by atoms with Crippen molar-refractivity contribution < 1.29 is 8.42 Å². The van der Waals surface area contributed by atoms with Crippen molar-refractivity contribution in [1.82, 2.24) is 14.3 Å². The molecule has 120 valence electrons. The molecule has 2 unspecified atom stereocenters. The van der Waals surface area contributed by atoms with Gasteiger partial charge in [-0.25, -0.2) is 4.72 Å². The molecular weight excluding hydrogens is 274 g/mol. The van der Waals surface area contributed by atoms with Gasteiger partial charge in [0, 0.05) is 26.2 Å². The Kier molecular flexibility index (Phi) is 7.43. The van der Waals surface area contributed by atoms with Gasteiger partial charge < -0.3 is 5.32 Å². The Labute approximate surface area is 124 Å². The summed E-state index contributed by atoms with van der Waals surface area (Å²) in [5, 5.41) is 3.29. The van der Waals surface area contributed by atoms with Gasteiger partial charge in [-0.15, -0.1) is 0 Å². The second-order valence-electron chi connectivity index (χ2n) is 6.42. The van der Waals surface area contributed by atoms with Gasteiger partial charge in [0.05, 0.1) is 0 Å². The monoisotopic (exact) mass is 305 g/mol. The fourth-order valence-electron chi connectivity index (χ4n) is 2.66. The van der Waals surface area contributed by atoms with Gasteiger partial charge in [-0.2, -0.15) is 12.7 Å². The van der Waals surface area contributed by atoms with Crippen LogP contribution in [0.15, 0.2) is 0 Å². The van der Waals surface area contributed by atoms with Crippen LogP contribution in [0.25, 0.3) is 0 Å². The standard InChI is InChI=1S/C14H31N3O2S/c1-12(2)15-8-5-9-17(4)20(18,19)16-11-14-7-6-13(3)10-14/h12-16H,5-11H2,1-4H3. The zero-order valence-electron chi connectivity index (χ0n) is 13.4. The van der Waals surface area contributed by atoms with Crippen molar-refractivity contribution in [3.63, 3.8) is 0 Å². The van der Waals surface area contributed by atoms with Crippen molar-refractivity contribution in [2.24, 2.45) is 11.8 Å². The topological polar surface area (TPSA) is 61.4 Å². The van der Waals surface area contributed by atoms with Crippen LogP contribution < -0.4 is 10.0 Å². The van der Waals surface area contributed by atoms with Gasteiger partial charge in [0.1, 0.15) is 0 Å². The summed E-state index contributed by atoms with van der Waals surface area (Å²) in [5.74, 6) is 1.25. The Morgan fingerprint density at radius 2 is 2.00 bits per heavy atom.